The first-order valence-corrected chi connectivity index (χ1v) is 7.27. The molecule has 0 saturated heterocycles. The minimum absolute atomic E-state index is 0.158. The van der Waals surface area contributed by atoms with Crippen molar-refractivity contribution < 1.29 is 19.4 Å². The topological polar surface area (TPSA) is 75.6 Å². The minimum Gasteiger partial charge on any atom is -0.480 e. The van der Waals surface area contributed by atoms with Gasteiger partial charge in [-0.3, -0.25) is 4.79 Å². The van der Waals surface area contributed by atoms with Crippen LogP contribution in [0, 0.1) is 0 Å². The summed E-state index contributed by atoms with van der Waals surface area (Å²) >= 11 is 0. The molecule has 1 fully saturated rings. The standard InChI is InChI=1S/C14H25NO4/c1-3-7-11(14(17)18)15-13(16)12(4-2)19-10-8-5-6-9-10/h10-12H,3-9H2,1-2H3,(H,15,16)(H,17,18). The van der Waals surface area contributed by atoms with Crippen LogP contribution in [-0.2, 0) is 14.3 Å². The molecule has 19 heavy (non-hydrogen) atoms. The molecular formula is C14H25NO4. The van der Waals surface area contributed by atoms with Crippen molar-refractivity contribution in [2.45, 2.75) is 77.0 Å². The third-order valence-electron chi connectivity index (χ3n) is 3.51. The Morgan fingerprint density at radius 2 is 1.95 bits per heavy atom. The number of rotatable bonds is 8. The molecule has 0 aliphatic heterocycles. The minimum atomic E-state index is -0.981. The van der Waals surface area contributed by atoms with E-state index in [0.717, 1.165) is 32.1 Å². The van der Waals surface area contributed by atoms with E-state index in [0.29, 0.717) is 12.8 Å². The highest BCUT2D eigenvalue weighted by Gasteiger charge is 2.27. The largest absolute Gasteiger partial charge is 0.480 e. The highest BCUT2D eigenvalue weighted by molar-refractivity contribution is 5.86. The fourth-order valence-corrected chi connectivity index (χ4v) is 2.41. The predicted molar refractivity (Wildman–Crippen MR) is 71.9 cm³/mol. The first-order chi connectivity index (χ1) is 9.08. The molecule has 1 rings (SSSR count). The second kappa shape index (κ2) is 8.15. The van der Waals surface area contributed by atoms with Gasteiger partial charge in [-0.25, -0.2) is 4.79 Å². The van der Waals surface area contributed by atoms with E-state index in [1.807, 2.05) is 13.8 Å². The molecule has 0 aromatic carbocycles. The second-order valence-corrected chi connectivity index (χ2v) is 5.13. The quantitative estimate of drug-likeness (QED) is 0.709. The van der Waals surface area contributed by atoms with Crippen LogP contribution in [0.2, 0.25) is 0 Å². The van der Waals surface area contributed by atoms with Crippen molar-refractivity contribution in [2.75, 3.05) is 0 Å². The maximum Gasteiger partial charge on any atom is 0.326 e. The summed E-state index contributed by atoms with van der Waals surface area (Å²) in [6, 6.07) is -0.807. The number of aliphatic carboxylic acids is 1. The van der Waals surface area contributed by atoms with E-state index in [-0.39, 0.29) is 12.0 Å². The Hall–Kier alpha value is -1.10. The van der Waals surface area contributed by atoms with E-state index < -0.39 is 18.1 Å². The Morgan fingerprint density at radius 1 is 1.32 bits per heavy atom. The third kappa shape index (κ3) is 5.19. The molecule has 0 aromatic rings. The average Bonchev–Trinajstić information content (AvgIpc) is 2.87. The molecular weight excluding hydrogens is 246 g/mol. The SMILES string of the molecule is CCCC(NC(=O)C(CC)OC1CCCC1)C(=O)O. The van der Waals surface area contributed by atoms with Crippen LogP contribution in [0.4, 0.5) is 0 Å². The lowest BCUT2D eigenvalue weighted by Gasteiger charge is -2.22. The first kappa shape index (κ1) is 16.0. The fourth-order valence-electron chi connectivity index (χ4n) is 2.41. The number of carbonyl (C=O) groups is 2. The van der Waals surface area contributed by atoms with Gasteiger partial charge < -0.3 is 15.2 Å². The molecule has 1 saturated carbocycles. The Kier molecular flexibility index (Phi) is 6.84. The van der Waals surface area contributed by atoms with Crippen LogP contribution in [0.3, 0.4) is 0 Å². The van der Waals surface area contributed by atoms with Gasteiger partial charge in [0, 0.05) is 0 Å². The van der Waals surface area contributed by atoms with Crippen LogP contribution in [0.25, 0.3) is 0 Å². The van der Waals surface area contributed by atoms with E-state index in [1.54, 1.807) is 0 Å². The van der Waals surface area contributed by atoms with Gasteiger partial charge in [-0.1, -0.05) is 33.1 Å². The average molecular weight is 271 g/mol. The van der Waals surface area contributed by atoms with Crippen molar-refractivity contribution in [3.63, 3.8) is 0 Å². The van der Waals surface area contributed by atoms with Gasteiger partial charge in [0.05, 0.1) is 6.10 Å². The number of amides is 1. The van der Waals surface area contributed by atoms with Crippen molar-refractivity contribution in [1.82, 2.24) is 5.32 Å². The molecule has 1 amide bonds. The van der Waals surface area contributed by atoms with E-state index in [4.69, 9.17) is 9.84 Å². The van der Waals surface area contributed by atoms with Gasteiger partial charge >= 0.3 is 5.97 Å². The van der Waals surface area contributed by atoms with Crippen LogP contribution in [-0.4, -0.2) is 35.2 Å². The van der Waals surface area contributed by atoms with Gasteiger partial charge in [0.1, 0.15) is 12.1 Å². The van der Waals surface area contributed by atoms with E-state index in [1.165, 1.54) is 0 Å². The van der Waals surface area contributed by atoms with Gasteiger partial charge in [-0.15, -0.1) is 0 Å². The molecule has 0 spiro atoms. The third-order valence-corrected chi connectivity index (χ3v) is 3.51. The number of nitrogens with one attached hydrogen (secondary N) is 1. The lowest BCUT2D eigenvalue weighted by molar-refractivity contribution is -0.146. The van der Waals surface area contributed by atoms with Gasteiger partial charge in [0.2, 0.25) is 5.91 Å². The smallest absolute Gasteiger partial charge is 0.326 e. The molecule has 2 unspecified atom stereocenters. The number of carbonyl (C=O) groups excluding carboxylic acids is 1. The molecule has 110 valence electrons. The molecule has 0 heterocycles. The molecule has 2 N–H and O–H groups in total. The first-order valence-electron chi connectivity index (χ1n) is 7.27. The molecule has 0 bridgehead atoms. The maximum atomic E-state index is 12.1. The molecule has 1 aliphatic rings. The normalized spacial score (nSPS) is 19.1. The van der Waals surface area contributed by atoms with E-state index in [9.17, 15) is 9.59 Å². The summed E-state index contributed by atoms with van der Waals surface area (Å²) in [7, 11) is 0. The van der Waals surface area contributed by atoms with E-state index >= 15 is 0 Å². The number of carboxylic acids is 1. The highest BCUT2D eigenvalue weighted by atomic mass is 16.5. The Morgan fingerprint density at radius 3 is 2.42 bits per heavy atom. The summed E-state index contributed by atoms with van der Waals surface area (Å²) in [5.74, 6) is -1.28. The number of hydrogen-bond donors (Lipinski definition) is 2. The molecule has 0 radical (unpaired) electrons. The zero-order chi connectivity index (χ0) is 14.3. The van der Waals surface area contributed by atoms with E-state index in [2.05, 4.69) is 5.32 Å². The highest BCUT2D eigenvalue weighted by Crippen LogP contribution is 2.23. The monoisotopic (exact) mass is 271 g/mol. The zero-order valence-corrected chi connectivity index (χ0v) is 11.9. The van der Waals surface area contributed by atoms with Crippen molar-refractivity contribution in [3.05, 3.63) is 0 Å². The summed E-state index contributed by atoms with van der Waals surface area (Å²) in [6.45, 7) is 3.78. The molecule has 5 heteroatoms. The van der Waals surface area contributed by atoms with Gasteiger partial charge in [-0.05, 0) is 25.7 Å². The lowest BCUT2D eigenvalue weighted by Crippen LogP contribution is -2.46. The van der Waals surface area contributed by atoms with Crippen LogP contribution in [0.15, 0.2) is 0 Å². The van der Waals surface area contributed by atoms with Crippen molar-refractivity contribution in [2.24, 2.45) is 0 Å². The lowest BCUT2D eigenvalue weighted by atomic mass is 10.1. The summed E-state index contributed by atoms with van der Waals surface area (Å²) in [5, 5.41) is 11.6. The number of carboxylic acid groups (broad SMARTS) is 1. The summed E-state index contributed by atoms with van der Waals surface area (Å²) in [5.41, 5.74) is 0. The maximum absolute atomic E-state index is 12.1. The van der Waals surface area contributed by atoms with Gasteiger partial charge in [0.25, 0.3) is 0 Å². The summed E-state index contributed by atoms with van der Waals surface area (Å²) in [4.78, 5) is 23.1. The van der Waals surface area contributed by atoms with Gasteiger partial charge in [0.15, 0.2) is 0 Å². The number of ether oxygens (including phenoxy) is 1. The Balaban J connectivity index is 2.49. The van der Waals surface area contributed by atoms with Crippen LogP contribution in [0.5, 0.6) is 0 Å². The summed E-state index contributed by atoms with van der Waals surface area (Å²) in [6.07, 6.45) is 5.67. The molecule has 1 aliphatic carbocycles. The van der Waals surface area contributed by atoms with Crippen LogP contribution in [0.1, 0.15) is 58.8 Å². The second-order valence-electron chi connectivity index (χ2n) is 5.13. The van der Waals surface area contributed by atoms with Crippen molar-refractivity contribution in [1.29, 1.82) is 0 Å². The molecule has 2 atom stereocenters. The molecule has 5 nitrogen and oxygen atoms in total. The van der Waals surface area contributed by atoms with Crippen molar-refractivity contribution >= 4 is 11.9 Å². The predicted octanol–water partition coefficient (Wildman–Crippen LogP) is 2.09. The van der Waals surface area contributed by atoms with Crippen molar-refractivity contribution in [3.8, 4) is 0 Å². The fraction of sp³-hybridized carbons (Fsp3) is 0.857. The summed E-state index contributed by atoms with van der Waals surface area (Å²) < 4.78 is 5.78. The zero-order valence-electron chi connectivity index (χ0n) is 11.9. The van der Waals surface area contributed by atoms with Crippen LogP contribution < -0.4 is 5.32 Å². The van der Waals surface area contributed by atoms with Gasteiger partial charge in [-0.2, -0.15) is 0 Å². The molecule has 0 aromatic heterocycles. The Labute approximate surface area is 114 Å². The van der Waals surface area contributed by atoms with Crippen LogP contribution >= 0.6 is 0 Å². The number of hydrogen-bond acceptors (Lipinski definition) is 3. The Bertz CT molecular complexity index is 300.